The summed E-state index contributed by atoms with van der Waals surface area (Å²) in [4.78, 5) is 0. The lowest BCUT2D eigenvalue weighted by Gasteiger charge is -2.05. The number of hydrogen-bond donors (Lipinski definition) is 1. The van der Waals surface area contributed by atoms with E-state index in [0.717, 1.165) is 5.56 Å². The van der Waals surface area contributed by atoms with Crippen LogP contribution in [0.4, 0.5) is 4.39 Å². The first-order chi connectivity index (χ1) is 9.15. The van der Waals surface area contributed by atoms with Crippen LogP contribution in [0.25, 0.3) is 11.3 Å². The van der Waals surface area contributed by atoms with Gasteiger partial charge in [-0.1, -0.05) is 28.4 Å². The fourth-order valence-corrected chi connectivity index (χ4v) is 2.32. The summed E-state index contributed by atoms with van der Waals surface area (Å²) < 4.78 is 18.7. The van der Waals surface area contributed by atoms with Gasteiger partial charge in [0.15, 0.2) is 5.76 Å². The Morgan fingerprint density at radius 1 is 1.32 bits per heavy atom. The first-order valence-corrected chi connectivity index (χ1v) is 6.72. The van der Waals surface area contributed by atoms with Crippen molar-refractivity contribution in [3.8, 4) is 11.3 Å². The third-order valence-corrected chi connectivity index (χ3v) is 3.66. The van der Waals surface area contributed by atoms with Gasteiger partial charge < -0.3 is 9.84 Å². The van der Waals surface area contributed by atoms with E-state index in [9.17, 15) is 4.39 Å². The van der Waals surface area contributed by atoms with E-state index in [1.54, 1.807) is 6.20 Å². The summed E-state index contributed by atoms with van der Waals surface area (Å²) in [5.41, 5.74) is 1.32. The SMILES string of the molecule is Fc1cc(-c2oncc2CNC2CC2)c(Cl)cc1Cl. The molecule has 1 aliphatic rings. The molecule has 0 atom stereocenters. The second kappa shape index (κ2) is 5.12. The molecule has 0 radical (unpaired) electrons. The molecule has 1 aromatic carbocycles. The summed E-state index contributed by atoms with van der Waals surface area (Å²) in [7, 11) is 0. The van der Waals surface area contributed by atoms with E-state index in [2.05, 4.69) is 10.5 Å². The van der Waals surface area contributed by atoms with Crippen molar-refractivity contribution in [3.05, 3.63) is 39.8 Å². The molecule has 0 amide bonds. The summed E-state index contributed by atoms with van der Waals surface area (Å²) in [6, 6.07) is 3.21. The third kappa shape index (κ3) is 2.76. The standard InChI is InChI=1S/C13H11Cl2FN2O/c14-10-4-11(15)12(16)3-9(10)13-7(6-18-19-13)5-17-8-1-2-8/h3-4,6,8,17H,1-2,5H2. The van der Waals surface area contributed by atoms with Gasteiger partial charge in [0, 0.05) is 23.7 Å². The monoisotopic (exact) mass is 300 g/mol. The van der Waals surface area contributed by atoms with E-state index in [-0.39, 0.29) is 5.02 Å². The molecule has 1 aromatic heterocycles. The Hall–Kier alpha value is -1.10. The predicted octanol–water partition coefficient (Wildman–Crippen LogP) is 4.04. The maximum Gasteiger partial charge on any atom is 0.172 e. The Balaban J connectivity index is 1.92. The second-order valence-electron chi connectivity index (χ2n) is 4.58. The first kappa shape index (κ1) is 12.9. The summed E-state index contributed by atoms with van der Waals surface area (Å²) in [5.74, 6) is -0.0488. The molecule has 0 saturated heterocycles. The van der Waals surface area contributed by atoms with E-state index in [4.69, 9.17) is 27.7 Å². The number of benzene rings is 1. The highest BCUT2D eigenvalue weighted by atomic mass is 35.5. The Labute approximate surface area is 119 Å². The number of nitrogens with one attached hydrogen (secondary N) is 1. The van der Waals surface area contributed by atoms with Crippen LogP contribution in [0.1, 0.15) is 18.4 Å². The summed E-state index contributed by atoms with van der Waals surface area (Å²) in [5, 5.41) is 7.45. The van der Waals surface area contributed by atoms with Crippen LogP contribution in [0.5, 0.6) is 0 Å². The molecule has 6 heteroatoms. The van der Waals surface area contributed by atoms with Gasteiger partial charge in [-0.3, -0.25) is 0 Å². The predicted molar refractivity (Wildman–Crippen MR) is 71.8 cm³/mol. The normalized spacial score (nSPS) is 14.9. The topological polar surface area (TPSA) is 38.1 Å². The van der Waals surface area contributed by atoms with E-state index in [1.165, 1.54) is 25.0 Å². The molecule has 1 N–H and O–H groups in total. The van der Waals surface area contributed by atoms with Crippen LogP contribution < -0.4 is 5.32 Å². The van der Waals surface area contributed by atoms with Crippen molar-refractivity contribution in [3.63, 3.8) is 0 Å². The molecule has 3 nitrogen and oxygen atoms in total. The molecule has 3 rings (SSSR count). The lowest BCUT2D eigenvalue weighted by atomic mass is 10.1. The lowest BCUT2D eigenvalue weighted by Crippen LogP contribution is -2.15. The van der Waals surface area contributed by atoms with E-state index in [0.29, 0.717) is 28.9 Å². The fraction of sp³-hybridized carbons (Fsp3) is 0.308. The van der Waals surface area contributed by atoms with Crippen LogP contribution in [0, 0.1) is 5.82 Å². The van der Waals surface area contributed by atoms with Crippen LogP contribution in [-0.2, 0) is 6.54 Å². The zero-order valence-electron chi connectivity index (χ0n) is 9.92. The maximum atomic E-state index is 13.5. The van der Waals surface area contributed by atoms with Gasteiger partial charge in [-0.05, 0) is 25.0 Å². The highest BCUT2D eigenvalue weighted by molar-refractivity contribution is 6.36. The summed E-state index contributed by atoms with van der Waals surface area (Å²) in [6.45, 7) is 0.629. The number of nitrogens with zero attached hydrogens (tertiary/aromatic N) is 1. The molecular weight excluding hydrogens is 290 g/mol. The van der Waals surface area contributed by atoms with Crippen LogP contribution in [0.15, 0.2) is 22.9 Å². The Kier molecular flexibility index (Phi) is 3.48. The highest BCUT2D eigenvalue weighted by Crippen LogP contribution is 2.34. The zero-order valence-corrected chi connectivity index (χ0v) is 11.4. The number of hydrogen-bond acceptors (Lipinski definition) is 3. The van der Waals surface area contributed by atoms with Gasteiger partial charge in [0.05, 0.1) is 16.2 Å². The van der Waals surface area contributed by atoms with Crippen molar-refractivity contribution in [2.75, 3.05) is 0 Å². The minimum Gasteiger partial charge on any atom is -0.356 e. The minimum atomic E-state index is -0.529. The van der Waals surface area contributed by atoms with Gasteiger partial charge >= 0.3 is 0 Å². The average molecular weight is 301 g/mol. The van der Waals surface area contributed by atoms with Crippen LogP contribution in [0.3, 0.4) is 0 Å². The van der Waals surface area contributed by atoms with Gasteiger partial charge in [0.25, 0.3) is 0 Å². The summed E-state index contributed by atoms with van der Waals surface area (Å²) in [6.07, 6.45) is 4.00. The van der Waals surface area contributed by atoms with Crippen molar-refractivity contribution in [1.29, 1.82) is 0 Å². The fourth-order valence-electron chi connectivity index (χ4n) is 1.85. The molecule has 1 fully saturated rings. The van der Waals surface area contributed by atoms with Gasteiger partial charge in [0.1, 0.15) is 5.82 Å². The van der Waals surface area contributed by atoms with E-state index >= 15 is 0 Å². The molecule has 1 saturated carbocycles. The van der Waals surface area contributed by atoms with Gasteiger partial charge in [-0.15, -0.1) is 0 Å². The minimum absolute atomic E-state index is 0.00841. The molecule has 1 heterocycles. The van der Waals surface area contributed by atoms with Crippen molar-refractivity contribution in [2.45, 2.75) is 25.4 Å². The maximum absolute atomic E-state index is 13.5. The molecule has 0 bridgehead atoms. The van der Waals surface area contributed by atoms with E-state index < -0.39 is 5.82 Å². The third-order valence-electron chi connectivity index (χ3n) is 3.06. The Bertz CT molecular complexity index is 611. The molecule has 2 aromatic rings. The highest BCUT2D eigenvalue weighted by Gasteiger charge is 2.22. The van der Waals surface area contributed by atoms with Crippen LogP contribution in [0.2, 0.25) is 10.0 Å². The smallest absolute Gasteiger partial charge is 0.172 e. The lowest BCUT2D eigenvalue weighted by molar-refractivity contribution is 0.431. The van der Waals surface area contributed by atoms with Crippen molar-refractivity contribution in [1.82, 2.24) is 10.5 Å². The molecule has 0 unspecified atom stereocenters. The molecule has 0 aliphatic heterocycles. The Morgan fingerprint density at radius 3 is 2.84 bits per heavy atom. The molecule has 1 aliphatic carbocycles. The number of aromatic nitrogens is 1. The largest absolute Gasteiger partial charge is 0.356 e. The Morgan fingerprint density at radius 2 is 2.11 bits per heavy atom. The number of halogens is 3. The molecule has 19 heavy (non-hydrogen) atoms. The van der Waals surface area contributed by atoms with Gasteiger partial charge in [0.2, 0.25) is 0 Å². The zero-order chi connectivity index (χ0) is 13.4. The van der Waals surface area contributed by atoms with Gasteiger partial charge in [-0.2, -0.15) is 0 Å². The van der Waals surface area contributed by atoms with Crippen molar-refractivity contribution in [2.24, 2.45) is 0 Å². The van der Waals surface area contributed by atoms with Crippen LogP contribution in [-0.4, -0.2) is 11.2 Å². The first-order valence-electron chi connectivity index (χ1n) is 5.97. The summed E-state index contributed by atoms with van der Waals surface area (Å²) >= 11 is 11.8. The average Bonchev–Trinajstić information content (AvgIpc) is 3.09. The van der Waals surface area contributed by atoms with E-state index in [1.807, 2.05) is 0 Å². The van der Waals surface area contributed by atoms with Crippen molar-refractivity contribution < 1.29 is 8.91 Å². The number of rotatable bonds is 4. The van der Waals surface area contributed by atoms with Gasteiger partial charge in [-0.25, -0.2) is 4.39 Å². The quantitative estimate of drug-likeness (QED) is 0.866. The molecule has 0 spiro atoms. The van der Waals surface area contributed by atoms with Crippen molar-refractivity contribution >= 4 is 23.2 Å². The second-order valence-corrected chi connectivity index (χ2v) is 5.40. The molecular formula is C13H11Cl2FN2O. The molecule has 100 valence electrons. The van der Waals surface area contributed by atoms with Crippen LogP contribution >= 0.6 is 23.2 Å².